The minimum atomic E-state index is -4.60. The van der Waals surface area contributed by atoms with Gasteiger partial charge in [-0.1, -0.05) is 28.1 Å². The van der Waals surface area contributed by atoms with Gasteiger partial charge in [0.15, 0.2) is 0 Å². The number of aromatic nitrogens is 1. The minimum Gasteiger partial charge on any atom is -0.383 e. The largest absolute Gasteiger partial charge is 0.417 e. The highest BCUT2D eigenvalue weighted by atomic mass is 79.9. The SMILES string of the molecule is Nc1ncc(C(F)(F)F)cc1C(=O)N[C@H]1CCC[C@@H]1OCc1ccc(Br)cc1. The zero-order valence-corrected chi connectivity index (χ0v) is 16.4. The molecule has 1 aromatic carbocycles. The average Bonchev–Trinajstić information content (AvgIpc) is 3.07. The Hall–Kier alpha value is -2.13. The molecule has 1 aromatic heterocycles. The molecule has 3 rings (SSSR count). The summed E-state index contributed by atoms with van der Waals surface area (Å²) < 4.78 is 45.5. The molecule has 1 aliphatic rings. The monoisotopic (exact) mass is 457 g/mol. The van der Waals surface area contributed by atoms with Gasteiger partial charge in [-0.25, -0.2) is 4.98 Å². The van der Waals surface area contributed by atoms with Crippen LogP contribution in [0.5, 0.6) is 0 Å². The number of halogens is 4. The second-order valence-electron chi connectivity index (χ2n) is 6.64. The van der Waals surface area contributed by atoms with Crippen LogP contribution < -0.4 is 11.1 Å². The summed E-state index contributed by atoms with van der Waals surface area (Å²) in [5.41, 5.74) is 5.31. The first-order valence-electron chi connectivity index (χ1n) is 8.73. The molecule has 28 heavy (non-hydrogen) atoms. The number of carbonyl (C=O) groups is 1. The van der Waals surface area contributed by atoms with E-state index < -0.39 is 17.6 Å². The lowest BCUT2D eigenvalue weighted by atomic mass is 10.1. The van der Waals surface area contributed by atoms with E-state index in [0.717, 1.165) is 28.9 Å². The van der Waals surface area contributed by atoms with Crippen molar-refractivity contribution in [3.05, 3.63) is 57.7 Å². The van der Waals surface area contributed by atoms with Gasteiger partial charge in [-0.05, 0) is 43.0 Å². The lowest BCUT2D eigenvalue weighted by Crippen LogP contribution is -2.41. The molecular weight excluding hydrogens is 439 g/mol. The van der Waals surface area contributed by atoms with Crippen molar-refractivity contribution in [2.24, 2.45) is 0 Å². The number of ether oxygens (including phenoxy) is 1. The van der Waals surface area contributed by atoms with Crippen molar-refractivity contribution >= 4 is 27.7 Å². The van der Waals surface area contributed by atoms with Gasteiger partial charge in [-0.15, -0.1) is 0 Å². The van der Waals surface area contributed by atoms with Gasteiger partial charge in [-0.3, -0.25) is 4.79 Å². The predicted octanol–water partition coefficient (Wildman–Crippen LogP) is 4.31. The van der Waals surface area contributed by atoms with Gasteiger partial charge in [0.2, 0.25) is 0 Å². The summed E-state index contributed by atoms with van der Waals surface area (Å²) >= 11 is 3.37. The summed E-state index contributed by atoms with van der Waals surface area (Å²) in [5.74, 6) is -0.920. The maximum atomic E-state index is 12.9. The molecule has 5 nitrogen and oxygen atoms in total. The number of nitrogens with two attached hydrogens (primary N) is 1. The number of nitrogen functional groups attached to an aromatic ring is 1. The van der Waals surface area contributed by atoms with E-state index in [9.17, 15) is 18.0 Å². The van der Waals surface area contributed by atoms with Crippen molar-refractivity contribution in [2.45, 2.75) is 44.2 Å². The summed E-state index contributed by atoms with van der Waals surface area (Å²) in [7, 11) is 0. The van der Waals surface area contributed by atoms with Gasteiger partial charge in [0.25, 0.3) is 5.91 Å². The molecule has 0 spiro atoms. The van der Waals surface area contributed by atoms with Crippen LogP contribution in [0.15, 0.2) is 41.0 Å². The number of pyridine rings is 1. The van der Waals surface area contributed by atoms with Crippen LogP contribution in [-0.2, 0) is 17.5 Å². The van der Waals surface area contributed by atoms with E-state index in [1.54, 1.807) is 0 Å². The summed E-state index contributed by atoms with van der Waals surface area (Å²) in [5, 5.41) is 2.75. The lowest BCUT2D eigenvalue weighted by Gasteiger charge is -2.22. The van der Waals surface area contributed by atoms with Gasteiger partial charge in [0, 0.05) is 10.7 Å². The van der Waals surface area contributed by atoms with E-state index in [4.69, 9.17) is 10.5 Å². The maximum Gasteiger partial charge on any atom is 0.417 e. The van der Waals surface area contributed by atoms with E-state index in [-0.39, 0.29) is 23.5 Å². The molecule has 150 valence electrons. The van der Waals surface area contributed by atoms with Crippen molar-refractivity contribution < 1.29 is 22.7 Å². The van der Waals surface area contributed by atoms with E-state index in [0.29, 0.717) is 19.2 Å². The summed E-state index contributed by atoms with van der Waals surface area (Å²) in [6.45, 7) is 0.386. The molecule has 1 fully saturated rings. The predicted molar refractivity (Wildman–Crippen MR) is 101 cm³/mol. The number of anilines is 1. The fourth-order valence-corrected chi connectivity index (χ4v) is 3.40. The van der Waals surface area contributed by atoms with Gasteiger partial charge in [0.05, 0.1) is 29.9 Å². The molecular formula is C19H19BrF3N3O2. The first-order valence-corrected chi connectivity index (χ1v) is 9.53. The summed E-state index contributed by atoms with van der Waals surface area (Å²) in [6, 6.07) is 8.12. The molecule has 0 radical (unpaired) electrons. The molecule has 1 heterocycles. The Kier molecular flexibility index (Phi) is 6.24. The highest BCUT2D eigenvalue weighted by Gasteiger charge is 2.34. The average molecular weight is 458 g/mol. The number of benzene rings is 1. The zero-order chi connectivity index (χ0) is 20.3. The third-order valence-electron chi connectivity index (χ3n) is 4.64. The van der Waals surface area contributed by atoms with E-state index in [2.05, 4.69) is 26.2 Å². The van der Waals surface area contributed by atoms with Crippen molar-refractivity contribution in [1.82, 2.24) is 10.3 Å². The number of amides is 1. The molecule has 9 heteroatoms. The third-order valence-corrected chi connectivity index (χ3v) is 5.17. The fourth-order valence-electron chi connectivity index (χ4n) is 3.13. The molecule has 2 aromatic rings. The Labute approximate surface area is 168 Å². The highest BCUT2D eigenvalue weighted by molar-refractivity contribution is 9.10. The molecule has 0 aliphatic heterocycles. The topological polar surface area (TPSA) is 77.2 Å². The molecule has 0 unspecified atom stereocenters. The normalized spacial score (nSPS) is 19.6. The molecule has 0 saturated heterocycles. The van der Waals surface area contributed by atoms with E-state index >= 15 is 0 Å². The van der Waals surface area contributed by atoms with Crippen LogP contribution >= 0.6 is 15.9 Å². The third kappa shape index (κ3) is 5.02. The molecule has 1 amide bonds. The molecule has 3 N–H and O–H groups in total. The molecule has 2 atom stereocenters. The smallest absolute Gasteiger partial charge is 0.383 e. The van der Waals surface area contributed by atoms with Gasteiger partial charge in [0.1, 0.15) is 5.82 Å². The summed E-state index contributed by atoms with van der Waals surface area (Å²) in [6.07, 6.45) is -1.90. The quantitative estimate of drug-likeness (QED) is 0.700. The number of nitrogens with one attached hydrogen (secondary N) is 1. The number of nitrogens with zero attached hydrogens (tertiary/aromatic N) is 1. The summed E-state index contributed by atoms with van der Waals surface area (Å²) in [4.78, 5) is 16.0. The van der Waals surface area contributed by atoms with Gasteiger partial charge < -0.3 is 15.8 Å². The lowest BCUT2D eigenvalue weighted by molar-refractivity contribution is -0.137. The van der Waals surface area contributed by atoms with Crippen LogP contribution in [0.3, 0.4) is 0 Å². The second kappa shape index (κ2) is 8.48. The van der Waals surface area contributed by atoms with E-state index in [1.807, 2.05) is 24.3 Å². The number of alkyl halides is 3. The van der Waals surface area contributed by atoms with Crippen molar-refractivity contribution in [3.63, 3.8) is 0 Å². The number of hydrogen-bond donors (Lipinski definition) is 2. The first-order chi connectivity index (χ1) is 13.2. The van der Waals surface area contributed by atoms with Crippen molar-refractivity contribution in [2.75, 3.05) is 5.73 Å². The van der Waals surface area contributed by atoms with Crippen LogP contribution in [0.4, 0.5) is 19.0 Å². The number of rotatable bonds is 5. The fraction of sp³-hybridized carbons (Fsp3) is 0.368. The first kappa shape index (κ1) is 20.6. The van der Waals surface area contributed by atoms with Crippen LogP contribution in [0.25, 0.3) is 0 Å². The molecule has 0 bridgehead atoms. The molecule has 1 aliphatic carbocycles. The highest BCUT2D eigenvalue weighted by Crippen LogP contribution is 2.30. The van der Waals surface area contributed by atoms with Crippen LogP contribution in [0.1, 0.15) is 40.7 Å². The Balaban J connectivity index is 1.65. The van der Waals surface area contributed by atoms with E-state index in [1.165, 1.54) is 0 Å². The zero-order valence-electron chi connectivity index (χ0n) is 14.8. The standard InChI is InChI=1S/C19H19BrF3N3O2/c20-13-6-4-11(5-7-13)10-28-16-3-1-2-15(16)26-18(27)14-8-12(19(21,22)23)9-25-17(14)24/h4-9,15-16H,1-3,10H2,(H2,24,25)(H,26,27)/t15-,16-/m0/s1. The van der Waals surface area contributed by atoms with Crippen molar-refractivity contribution in [3.8, 4) is 0 Å². The Morgan fingerprint density at radius 3 is 2.68 bits per heavy atom. The van der Waals surface area contributed by atoms with Crippen LogP contribution in [0.2, 0.25) is 0 Å². The van der Waals surface area contributed by atoms with Crippen molar-refractivity contribution in [1.29, 1.82) is 0 Å². The Bertz CT molecular complexity index is 843. The molecule has 1 saturated carbocycles. The van der Waals surface area contributed by atoms with Gasteiger partial charge in [-0.2, -0.15) is 13.2 Å². The Morgan fingerprint density at radius 1 is 1.29 bits per heavy atom. The van der Waals surface area contributed by atoms with Gasteiger partial charge >= 0.3 is 6.18 Å². The minimum absolute atomic E-state index is 0.215. The van der Waals surface area contributed by atoms with Crippen LogP contribution in [0, 0.1) is 0 Å². The number of hydrogen-bond acceptors (Lipinski definition) is 4. The number of carbonyl (C=O) groups excluding carboxylic acids is 1. The second-order valence-corrected chi connectivity index (χ2v) is 7.56. The van der Waals surface area contributed by atoms with Crippen LogP contribution in [-0.4, -0.2) is 23.0 Å². The Morgan fingerprint density at radius 2 is 2.00 bits per heavy atom. The maximum absolute atomic E-state index is 12.9.